The molecule has 0 heterocycles. The molecule has 0 aliphatic heterocycles. The van der Waals surface area contributed by atoms with E-state index in [9.17, 15) is 14.4 Å². The molecule has 1 saturated carbocycles. The van der Waals surface area contributed by atoms with Crippen molar-refractivity contribution in [2.45, 2.75) is 38.6 Å². The number of ether oxygens (including phenoxy) is 1. The SMILES string of the molecule is COC(=O)CC[C@@H](NC(=O)C(C)C1CC1)C(=O)O. The van der Waals surface area contributed by atoms with Gasteiger partial charge in [0.1, 0.15) is 6.04 Å². The van der Waals surface area contributed by atoms with Crippen molar-refractivity contribution in [2.75, 3.05) is 7.11 Å². The predicted octanol–water partition coefficient (Wildman–Crippen LogP) is 0.555. The number of amides is 1. The maximum absolute atomic E-state index is 11.8. The maximum atomic E-state index is 11.8. The number of carboxylic acids is 1. The Hall–Kier alpha value is -1.59. The predicted molar refractivity (Wildman–Crippen MR) is 62.7 cm³/mol. The molecule has 1 amide bonds. The number of carbonyl (C=O) groups excluding carboxylic acids is 2. The average Bonchev–Trinajstić information content (AvgIpc) is 3.16. The van der Waals surface area contributed by atoms with Crippen LogP contribution < -0.4 is 5.32 Å². The van der Waals surface area contributed by atoms with E-state index in [0.29, 0.717) is 5.92 Å². The van der Waals surface area contributed by atoms with Gasteiger partial charge >= 0.3 is 11.9 Å². The Morgan fingerprint density at radius 2 is 2.00 bits per heavy atom. The van der Waals surface area contributed by atoms with E-state index in [1.54, 1.807) is 6.92 Å². The Morgan fingerprint density at radius 1 is 1.39 bits per heavy atom. The molecule has 102 valence electrons. The zero-order chi connectivity index (χ0) is 13.7. The lowest BCUT2D eigenvalue weighted by molar-refractivity contribution is -0.144. The summed E-state index contributed by atoms with van der Waals surface area (Å²) < 4.78 is 4.44. The Kier molecular flexibility index (Phi) is 5.12. The summed E-state index contributed by atoms with van der Waals surface area (Å²) >= 11 is 0. The topological polar surface area (TPSA) is 92.7 Å². The molecule has 1 aliphatic carbocycles. The standard InChI is InChI=1S/C12H19NO5/c1-7(8-3-4-8)11(15)13-9(12(16)17)5-6-10(14)18-2/h7-9H,3-6H2,1-2H3,(H,13,15)(H,16,17)/t7?,9-/m1/s1. The molecule has 6 nitrogen and oxygen atoms in total. The fraction of sp³-hybridized carbons (Fsp3) is 0.750. The summed E-state index contributed by atoms with van der Waals surface area (Å²) in [4.78, 5) is 33.7. The van der Waals surface area contributed by atoms with Gasteiger partial charge in [0.25, 0.3) is 0 Å². The van der Waals surface area contributed by atoms with E-state index in [2.05, 4.69) is 10.1 Å². The van der Waals surface area contributed by atoms with Gasteiger partial charge in [-0.15, -0.1) is 0 Å². The molecule has 18 heavy (non-hydrogen) atoms. The van der Waals surface area contributed by atoms with Gasteiger partial charge in [-0.05, 0) is 25.2 Å². The quantitative estimate of drug-likeness (QED) is 0.650. The van der Waals surface area contributed by atoms with Crippen LogP contribution in [-0.2, 0) is 19.1 Å². The van der Waals surface area contributed by atoms with Crippen molar-refractivity contribution in [3.05, 3.63) is 0 Å². The third kappa shape index (κ3) is 4.35. The van der Waals surface area contributed by atoms with Crippen LogP contribution in [0, 0.1) is 11.8 Å². The number of methoxy groups -OCH3 is 1. The van der Waals surface area contributed by atoms with Crippen molar-refractivity contribution < 1.29 is 24.2 Å². The van der Waals surface area contributed by atoms with Crippen LogP contribution in [0.25, 0.3) is 0 Å². The summed E-state index contributed by atoms with van der Waals surface area (Å²) in [5, 5.41) is 11.4. The van der Waals surface area contributed by atoms with Crippen LogP contribution in [0.15, 0.2) is 0 Å². The number of carbonyl (C=O) groups is 3. The van der Waals surface area contributed by atoms with E-state index in [4.69, 9.17) is 5.11 Å². The zero-order valence-electron chi connectivity index (χ0n) is 10.6. The first-order valence-corrected chi connectivity index (χ1v) is 6.05. The van der Waals surface area contributed by atoms with Crippen LogP contribution in [0.4, 0.5) is 0 Å². The molecular weight excluding hydrogens is 238 g/mol. The largest absolute Gasteiger partial charge is 0.480 e. The van der Waals surface area contributed by atoms with Gasteiger partial charge in [-0.1, -0.05) is 6.92 Å². The summed E-state index contributed by atoms with van der Waals surface area (Å²) in [6.07, 6.45) is 2.07. The van der Waals surface area contributed by atoms with Crippen LogP contribution in [-0.4, -0.2) is 36.1 Å². The van der Waals surface area contributed by atoms with E-state index in [1.165, 1.54) is 7.11 Å². The van der Waals surface area contributed by atoms with Gasteiger partial charge < -0.3 is 15.2 Å². The van der Waals surface area contributed by atoms with Crippen molar-refractivity contribution in [3.63, 3.8) is 0 Å². The second-order valence-electron chi connectivity index (χ2n) is 4.64. The highest BCUT2D eigenvalue weighted by Gasteiger charge is 2.34. The van der Waals surface area contributed by atoms with Crippen LogP contribution in [0.2, 0.25) is 0 Å². The normalized spacial score (nSPS) is 17.7. The Morgan fingerprint density at radius 3 is 2.44 bits per heavy atom. The number of esters is 1. The summed E-state index contributed by atoms with van der Waals surface area (Å²) in [6, 6.07) is -1.03. The fourth-order valence-electron chi connectivity index (χ4n) is 1.74. The molecule has 1 rings (SSSR count). The van der Waals surface area contributed by atoms with Crippen molar-refractivity contribution in [3.8, 4) is 0 Å². The monoisotopic (exact) mass is 257 g/mol. The number of carboxylic acid groups (broad SMARTS) is 1. The molecule has 0 spiro atoms. The molecule has 6 heteroatoms. The van der Waals surface area contributed by atoms with Gasteiger partial charge in [0.15, 0.2) is 0 Å². The van der Waals surface area contributed by atoms with E-state index in [-0.39, 0.29) is 24.7 Å². The Labute approximate surface area is 106 Å². The molecule has 0 aromatic heterocycles. The maximum Gasteiger partial charge on any atom is 0.326 e. The van der Waals surface area contributed by atoms with E-state index in [0.717, 1.165) is 12.8 Å². The van der Waals surface area contributed by atoms with E-state index < -0.39 is 18.0 Å². The summed E-state index contributed by atoms with van der Waals surface area (Å²) in [6.45, 7) is 1.80. The van der Waals surface area contributed by atoms with Crippen molar-refractivity contribution in [1.82, 2.24) is 5.32 Å². The minimum atomic E-state index is -1.13. The smallest absolute Gasteiger partial charge is 0.326 e. The molecule has 2 N–H and O–H groups in total. The second-order valence-corrected chi connectivity index (χ2v) is 4.64. The summed E-state index contributed by atoms with van der Waals surface area (Å²) in [7, 11) is 1.24. The van der Waals surface area contributed by atoms with E-state index >= 15 is 0 Å². The zero-order valence-corrected chi connectivity index (χ0v) is 10.6. The number of nitrogens with one attached hydrogen (secondary N) is 1. The first kappa shape index (κ1) is 14.5. The highest BCUT2D eigenvalue weighted by atomic mass is 16.5. The number of hydrogen-bond donors (Lipinski definition) is 2. The molecule has 1 unspecified atom stereocenters. The number of aliphatic carboxylic acids is 1. The fourth-order valence-corrected chi connectivity index (χ4v) is 1.74. The van der Waals surface area contributed by atoms with Gasteiger partial charge in [0.2, 0.25) is 5.91 Å². The van der Waals surface area contributed by atoms with Crippen LogP contribution >= 0.6 is 0 Å². The highest BCUT2D eigenvalue weighted by molar-refractivity contribution is 5.85. The lowest BCUT2D eigenvalue weighted by Gasteiger charge is -2.17. The van der Waals surface area contributed by atoms with E-state index in [1.807, 2.05) is 0 Å². The molecule has 1 fully saturated rings. The lowest BCUT2D eigenvalue weighted by Crippen LogP contribution is -2.43. The molecular formula is C12H19NO5. The Balaban J connectivity index is 2.43. The second kappa shape index (κ2) is 6.37. The Bertz CT molecular complexity index is 337. The lowest BCUT2D eigenvalue weighted by atomic mass is 10.0. The van der Waals surface area contributed by atoms with Gasteiger partial charge in [0, 0.05) is 12.3 Å². The van der Waals surface area contributed by atoms with Crippen LogP contribution in [0.5, 0.6) is 0 Å². The molecule has 0 radical (unpaired) electrons. The van der Waals surface area contributed by atoms with Crippen LogP contribution in [0.1, 0.15) is 32.6 Å². The third-order valence-corrected chi connectivity index (χ3v) is 3.22. The van der Waals surface area contributed by atoms with Crippen molar-refractivity contribution in [2.24, 2.45) is 11.8 Å². The molecule has 0 bridgehead atoms. The molecule has 0 aromatic rings. The first-order chi connectivity index (χ1) is 8.45. The third-order valence-electron chi connectivity index (χ3n) is 3.22. The van der Waals surface area contributed by atoms with Gasteiger partial charge in [-0.2, -0.15) is 0 Å². The van der Waals surface area contributed by atoms with Crippen LogP contribution in [0.3, 0.4) is 0 Å². The van der Waals surface area contributed by atoms with Gasteiger partial charge in [0.05, 0.1) is 7.11 Å². The first-order valence-electron chi connectivity index (χ1n) is 6.05. The highest BCUT2D eigenvalue weighted by Crippen LogP contribution is 2.36. The van der Waals surface area contributed by atoms with Gasteiger partial charge in [-0.3, -0.25) is 9.59 Å². The summed E-state index contributed by atoms with van der Waals surface area (Å²) in [5.41, 5.74) is 0. The minimum absolute atomic E-state index is 0.0223. The van der Waals surface area contributed by atoms with Crippen molar-refractivity contribution >= 4 is 17.8 Å². The number of rotatable bonds is 7. The molecule has 0 saturated heterocycles. The van der Waals surface area contributed by atoms with Gasteiger partial charge in [-0.25, -0.2) is 4.79 Å². The van der Waals surface area contributed by atoms with Crippen molar-refractivity contribution in [1.29, 1.82) is 0 Å². The summed E-state index contributed by atoms with van der Waals surface area (Å²) in [5.74, 6) is -1.65. The number of hydrogen-bond acceptors (Lipinski definition) is 4. The molecule has 0 aromatic carbocycles. The molecule has 1 aliphatic rings. The molecule has 2 atom stereocenters. The minimum Gasteiger partial charge on any atom is -0.480 e. The average molecular weight is 257 g/mol.